The monoisotopic (exact) mass is 435 g/mol. The Balaban J connectivity index is 1.41. The molecule has 0 aliphatic carbocycles. The first-order valence-corrected chi connectivity index (χ1v) is 11.1. The van der Waals surface area contributed by atoms with Gasteiger partial charge in [0.2, 0.25) is 5.91 Å². The number of amides is 2. The highest BCUT2D eigenvalue weighted by atomic mass is 32.1. The summed E-state index contributed by atoms with van der Waals surface area (Å²) >= 11 is 1.59. The second-order valence-corrected chi connectivity index (χ2v) is 8.62. The van der Waals surface area contributed by atoms with Gasteiger partial charge in [0.05, 0.1) is 22.3 Å². The fraction of sp³-hybridized carbons (Fsp3) is 0.292. The molecule has 0 saturated heterocycles. The quantitative estimate of drug-likeness (QED) is 0.619. The van der Waals surface area contributed by atoms with Crippen LogP contribution in [-0.4, -0.2) is 29.4 Å². The second-order valence-electron chi connectivity index (χ2n) is 7.59. The van der Waals surface area contributed by atoms with Gasteiger partial charge in [-0.1, -0.05) is 42.5 Å². The summed E-state index contributed by atoms with van der Waals surface area (Å²) in [5.74, 6) is 0.424. The molecule has 1 N–H and O–H groups in total. The van der Waals surface area contributed by atoms with Crippen LogP contribution in [0.3, 0.4) is 0 Å². The minimum atomic E-state index is -0.562. The van der Waals surface area contributed by atoms with Gasteiger partial charge in [0, 0.05) is 18.5 Å². The van der Waals surface area contributed by atoms with E-state index in [-0.39, 0.29) is 24.3 Å². The van der Waals surface area contributed by atoms with E-state index >= 15 is 0 Å². The molecule has 0 spiro atoms. The zero-order chi connectivity index (χ0) is 22.0. The SMILES string of the molecule is Cc1nc(-c2ccccc2)sc1C(C)NC(=O)CCN1C(=O)C(C)Oc2ccccc21. The summed E-state index contributed by atoms with van der Waals surface area (Å²) in [5, 5.41) is 4.00. The number of thiazole rings is 1. The first-order valence-electron chi connectivity index (χ1n) is 10.3. The lowest BCUT2D eigenvalue weighted by molar-refractivity contribution is -0.125. The zero-order valence-electron chi connectivity index (χ0n) is 17.8. The summed E-state index contributed by atoms with van der Waals surface area (Å²) < 4.78 is 5.66. The van der Waals surface area contributed by atoms with Crippen LogP contribution in [0.5, 0.6) is 5.75 Å². The smallest absolute Gasteiger partial charge is 0.267 e. The van der Waals surface area contributed by atoms with Gasteiger partial charge in [-0.25, -0.2) is 4.98 Å². The zero-order valence-corrected chi connectivity index (χ0v) is 18.6. The van der Waals surface area contributed by atoms with Crippen molar-refractivity contribution < 1.29 is 14.3 Å². The van der Waals surface area contributed by atoms with Crippen LogP contribution in [0.1, 0.15) is 36.9 Å². The van der Waals surface area contributed by atoms with E-state index in [1.54, 1.807) is 23.2 Å². The Bertz CT molecular complexity index is 1100. The number of nitrogens with one attached hydrogen (secondary N) is 1. The highest BCUT2D eigenvalue weighted by Gasteiger charge is 2.31. The Labute approximate surface area is 185 Å². The molecule has 7 heteroatoms. The molecule has 0 radical (unpaired) electrons. The third kappa shape index (κ3) is 4.46. The van der Waals surface area contributed by atoms with Gasteiger partial charge in [0.25, 0.3) is 5.91 Å². The number of hydrogen-bond donors (Lipinski definition) is 1. The molecular formula is C24H25N3O3S. The van der Waals surface area contributed by atoms with Crippen molar-refractivity contribution in [3.63, 3.8) is 0 Å². The van der Waals surface area contributed by atoms with Crippen LogP contribution < -0.4 is 15.0 Å². The van der Waals surface area contributed by atoms with Gasteiger partial charge in [-0.2, -0.15) is 0 Å². The van der Waals surface area contributed by atoms with E-state index in [4.69, 9.17) is 4.74 Å². The van der Waals surface area contributed by atoms with E-state index in [0.717, 1.165) is 21.1 Å². The Morgan fingerprint density at radius 2 is 1.90 bits per heavy atom. The summed E-state index contributed by atoms with van der Waals surface area (Å²) in [7, 11) is 0. The molecule has 1 aliphatic heterocycles. The first-order chi connectivity index (χ1) is 14.9. The highest BCUT2D eigenvalue weighted by Crippen LogP contribution is 2.34. The predicted octanol–water partition coefficient (Wildman–Crippen LogP) is 4.50. The highest BCUT2D eigenvalue weighted by molar-refractivity contribution is 7.15. The van der Waals surface area contributed by atoms with Crippen molar-refractivity contribution in [3.05, 3.63) is 65.2 Å². The normalized spacial score (nSPS) is 16.4. The molecular weight excluding hydrogens is 410 g/mol. The molecule has 0 saturated carbocycles. The number of aryl methyl sites for hydroxylation is 1. The summed E-state index contributed by atoms with van der Waals surface area (Å²) in [4.78, 5) is 32.6. The van der Waals surface area contributed by atoms with Crippen LogP contribution in [-0.2, 0) is 9.59 Å². The molecule has 160 valence electrons. The molecule has 4 rings (SSSR count). The van der Waals surface area contributed by atoms with E-state index in [1.165, 1.54) is 0 Å². The molecule has 2 atom stereocenters. The number of ether oxygens (including phenoxy) is 1. The Morgan fingerprint density at radius 3 is 2.68 bits per heavy atom. The number of fused-ring (bicyclic) bond motifs is 1. The van der Waals surface area contributed by atoms with Gasteiger partial charge in [-0.15, -0.1) is 11.3 Å². The standard InChI is InChI=1S/C24H25N3O3S/c1-15(22-16(2)26-23(31-22)18-9-5-4-6-10-18)25-21(28)13-14-27-19-11-7-8-12-20(19)30-17(3)24(27)29/h4-12,15,17H,13-14H2,1-3H3,(H,25,28). The van der Waals surface area contributed by atoms with Gasteiger partial charge in [0.15, 0.2) is 6.10 Å². The molecule has 2 unspecified atom stereocenters. The van der Waals surface area contributed by atoms with E-state index in [0.29, 0.717) is 18.0 Å². The average Bonchev–Trinajstić information content (AvgIpc) is 3.16. The third-order valence-electron chi connectivity index (χ3n) is 5.26. The molecule has 1 aromatic heterocycles. The molecule has 6 nitrogen and oxygen atoms in total. The fourth-order valence-electron chi connectivity index (χ4n) is 3.70. The van der Waals surface area contributed by atoms with Crippen LogP contribution in [0.25, 0.3) is 10.6 Å². The Hall–Kier alpha value is -3.19. The van der Waals surface area contributed by atoms with Crippen molar-refractivity contribution in [3.8, 4) is 16.3 Å². The van der Waals surface area contributed by atoms with Crippen molar-refractivity contribution in [1.29, 1.82) is 0 Å². The van der Waals surface area contributed by atoms with Gasteiger partial charge >= 0.3 is 0 Å². The maximum Gasteiger partial charge on any atom is 0.267 e. The average molecular weight is 436 g/mol. The second kappa shape index (κ2) is 8.89. The molecule has 31 heavy (non-hydrogen) atoms. The number of para-hydroxylation sites is 2. The van der Waals surface area contributed by atoms with Gasteiger partial charge < -0.3 is 15.0 Å². The maximum atomic E-state index is 12.7. The summed E-state index contributed by atoms with van der Waals surface area (Å²) in [5.41, 5.74) is 2.69. The largest absolute Gasteiger partial charge is 0.479 e. The van der Waals surface area contributed by atoms with Crippen LogP contribution in [0.4, 0.5) is 5.69 Å². The van der Waals surface area contributed by atoms with E-state index < -0.39 is 6.10 Å². The van der Waals surface area contributed by atoms with Crippen LogP contribution in [0.2, 0.25) is 0 Å². The van der Waals surface area contributed by atoms with Crippen molar-refractivity contribution in [2.75, 3.05) is 11.4 Å². The van der Waals surface area contributed by atoms with Crippen LogP contribution >= 0.6 is 11.3 Å². The fourth-order valence-corrected chi connectivity index (χ4v) is 4.77. The number of rotatable bonds is 6. The number of carbonyl (C=O) groups excluding carboxylic acids is 2. The third-order valence-corrected chi connectivity index (χ3v) is 6.65. The lowest BCUT2D eigenvalue weighted by atomic mass is 10.1. The molecule has 3 aromatic rings. The number of carbonyl (C=O) groups is 2. The van der Waals surface area contributed by atoms with Crippen LogP contribution in [0, 0.1) is 6.92 Å². The summed E-state index contributed by atoms with van der Waals surface area (Å²) in [6.07, 6.45) is -0.353. The Morgan fingerprint density at radius 1 is 1.19 bits per heavy atom. The van der Waals surface area contributed by atoms with Crippen molar-refractivity contribution >= 4 is 28.8 Å². The van der Waals surface area contributed by atoms with Crippen molar-refractivity contribution in [1.82, 2.24) is 10.3 Å². The molecule has 0 bridgehead atoms. The van der Waals surface area contributed by atoms with Gasteiger partial charge in [-0.3, -0.25) is 9.59 Å². The van der Waals surface area contributed by atoms with Crippen molar-refractivity contribution in [2.24, 2.45) is 0 Å². The summed E-state index contributed by atoms with van der Waals surface area (Å²) in [6.45, 7) is 5.96. The van der Waals surface area contributed by atoms with Gasteiger partial charge in [-0.05, 0) is 32.9 Å². The number of aromatic nitrogens is 1. The van der Waals surface area contributed by atoms with Crippen LogP contribution in [0.15, 0.2) is 54.6 Å². The lowest BCUT2D eigenvalue weighted by Crippen LogP contribution is -2.45. The molecule has 2 aromatic carbocycles. The molecule has 2 heterocycles. The Kier molecular flexibility index (Phi) is 6.04. The topological polar surface area (TPSA) is 71.5 Å². The summed E-state index contributed by atoms with van der Waals surface area (Å²) in [6, 6.07) is 17.3. The first kappa shape index (κ1) is 21.1. The van der Waals surface area contributed by atoms with E-state index in [9.17, 15) is 9.59 Å². The number of nitrogens with zero attached hydrogens (tertiary/aromatic N) is 2. The lowest BCUT2D eigenvalue weighted by Gasteiger charge is -2.32. The minimum absolute atomic E-state index is 0.106. The van der Waals surface area contributed by atoms with E-state index in [1.807, 2.05) is 68.4 Å². The molecule has 0 fully saturated rings. The molecule has 2 amide bonds. The predicted molar refractivity (Wildman–Crippen MR) is 122 cm³/mol. The maximum absolute atomic E-state index is 12.7. The number of benzene rings is 2. The van der Waals surface area contributed by atoms with Crippen molar-refractivity contribution in [2.45, 2.75) is 39.3 Å². The number of anilines is 1. The molecule has 1 aliphatic rings. The number of hydrogen-bond acceptors (Lipinski definition) is 5. The van der Waals surface area contributed by atoms with E-state index in [2.05, 4.69) is 10.3 Å². The van der Waals surface area contributed by atoms with Gasteiger partial charge in [0.1, 0.15) is 10.8 Å². The minimum Gasteiger partial charge on any atom is -0.479 e.